The van der Waals surface area contributed by atoms with Gasteiger partial charge in [0.15, 0.2) is 5.79 Å². The van der Waals surface area contributed by atoms with E-state index in [2.05, 4.69) is 13.8 Å². The van der Waals surface area contributed by atoms with Crippen molar-refractivity contribution < 1.29 is 31.8 Å². The number of hydrogen-bond acceptors (Lipinski definition) is 7. The molecule has 0 unspecified atom stereocenters. The average molecular weight is 665 g/mol. The van der Waals surface area contributed by atoms with Crippen LogP contribution < -0.4 is 5.14 Å². The van der Waals surface area contributed by atoms with Crippen molar-refractivity contribution in [3.63, 3.8) is 0 Å². The maximum atomic E-state index is 14.2. The minimum Gasteiger partial charge on any atom is -0.460 e. The van der Waals surface area contributed by atoms with Crippen molar-refractivity contribution >= 4 is 22.1 Å². The number of esters is 1. The minimum atomic E-state index is -3.94. The number of primary sulfonamides is 1. The fourth-order valence-electron chi connectivity index (χ4n) is 6.47. The molecule has 1 fully saturated rings. The predicted molar refractivity (Wildman–Crippen MR) is 180 cm³/mol. The number of fused-ring (bicyclic) bond motifs is 3. The summed E-state index contributed by atoms with van der Waals surface area (Å²) >= 11 is 0. The van der Waals surface area contributed by atoms with Gasteiger partial charge in [-0.15, -0.1) is 0 Å². The lowest BCUT2D eigenvalue weighted by Gasteiger charge is -2.40. The topological polar surface area (TPSA) is 118 Å². The number of benzene rings is 2. The average Bonchev–Trinajstić information content (AvgIpc) is 3.12. The second-order valence-corrected chi connectivity index (χ2v) is 15.7. The predicted octanol–water partition coefficient (Wildman–Crippen LogP) is 7.47. The highest BCUT2D eigenvalue weighted by Gasteiger charge is 2.36. The van der Waals surface area contributed by atoms with Gasteiger partial charge in [0.2, 0.25) is 10.0 Å². The molecule has 1 aliphatic carbocycles. The van der Waals surface area contributed by atoms with Crippen molar-refractivity contribution in [1.29, 1.82) is 0 Å². The van der Waals surface area contributed by atoms with E-state index in [1.165, 1.54) is 12.1 Å². The number of pyridine rings is 1. The van der Waals surface area contributed by atoms with Gasteiger partial charge >= 0.3 is 5.97 Å². The van der Waals surface area contributed by atoms with Gasteiger partial charge in [-0.05, 0) is 106 Å². The first-order chi connectivity index (χ1) is 21.9. The monoisotopic (exact) mass is 664 g/mol. The van der Waals surface area contributed by atoms with E-state index in [1.807, 2.05) is 52.8 Å². The Balaban J connectivity index is 1.64. The molecule has 3 aromatic rings. The number of ether oxygens (including phenoxy) is 3. The highest BCUT2D eigenvalue weighted by atomic mass is 32.2. The summed E-state index contributed by atoms with van der Waals surface area (Å²) in [5, 5.41) is 5.54. The first-order valence-electron chi connectivity index (χ1n) is 16.1. The normalized spacial score (nSPS) is 19.7. The molecule has 2 heterocycles. The summed E-state index contributed by atoms with van der Waals surface area (Å²) in [6, 6.07) is 11.4. The molecule has 10 heteroatoms. The third-order valence-corrected chi connectivity index (χ3v) is 9.17. The van der Waals surface area contributed by atoms with Gasteiger partial charge in [0, 0.05) is 17.5 Å². The van der Waals surface area contributed by atoms with Crippen molar-refractivity contribution in [1.82, 2.24) is 4.98 Å². The second-order valence-electron chi connectivity index (χ2n) is 14.2. The molecular formula is C37H45FN2O6S. The molecule has 8 nitrogen and oxygen atoms in total. The minimum absolute atomic E-state index is 0.0146. The molecule has 1 saturated heterocycles. The quantitative estimate of drug-likeness (QED) is 0.260. The van der Waals surface area contributed by atoms with Crippen LogP contribution >= 0.6 is 0 Å². The molecule has 0 spiro atoms. The third kappa shape index (κ3) is 8.35. The number of nitrogens with zero attached hydrogens (tertiary/aromatic N) is 1. The molecule has 2 aromatic carbocycles. The summed E-state index contributed by atoms with van der Waals surface area (Å²) in [4.78, 5) is 17.9. The lowest BCUT2D eigenvalue weighted by atomic mass is 9.86. The van der Waals surface area contributed by atoms with Gasteiger partial charge in [0.05, 0.1) is 34.9 Å². The standard InChI is InChI=1S/C37H45FN2O6S/c1-22(2)34-30(18-16-26-19-27(45-37(6,7)44-26)20-32(41)46-36(3,4)5)33(24-11-14-25(38)15-12-24)29-10-8-9-23-13-17-28(47(39,42)43)21-31(23)35(29)40-34/h11-18,21-22,26-27H,8-10,19-20H2,1-7H3,(H2,39,42,43)/b18-16+/t26-,27-/m1/s1. The van der Waals surface area contributed by atoms with Crippen molar-refractivity contribution in [2.75, 3.05) is 0 Å². The number of aromatic nitrogens is 1. The molecule has 47 heavy (non-hydrogen) atoms. The van der Waals surface area contributed by atoms with E-state index in [-0.39, 0.29) is 35.1 Å². The van der Waals surface area contributed by atoms with Gasteiger partial charge in [0.1, 0.15) is 11.4 Å². The van der Waals surface area contributed by atoms with Crippen LogP contribution in [0.15, 0.2) is 53.4 Å². The number of sulfonamides is 1. The van der Waals surface area contributed by atoms with Crippen LogP contribution in [0.2, 0.25) is 0 Å². The molecule has 0 amide bonds. The highest BCUT2D eigenvalue weighted by Crippen LogP contribution is 2.43. The van der Waals surface area contributed by atoms with E-state index < -0.39 is 27.5 Å². The Labute approximate surface area is 277 Å². The van der Waals surface area contributed by atoms with Crippen molar-refractivity contribution in [2.45, 2.75) is 115 Å². The summed E-state index contributed by atoms with van der Waals surface area (Å²) in [5.74, 6) is -1.62. The molecule has 2 N–H and O–H groups in total. The van der Waals surface area contributed by atoms with Crippen molar-refractivity contribution in [3.05, 3.63) is 76.7 Å². The summed E-state index contributed by atoms with van der Waals surface area (Å²) in [7, 11) is -3.94. The Kier molecular flexibility index (Phi) is 9.81. The van der Waals surface area contributed by atoms with Gasteiger partial charge in [0.25, 0.3) is 0 Å². The Bertz CT molecular complexity index is 1790. The third-order valence-electron chi connectivity index (χ3n) is 8.26. The van der Waals surface area contributed by atoms with Crippen LogP contribution in [0, 0.1) is 5.82 Å². The van der Waals surface area contributed by atoms with Crippen LogP contribution in [0.5, 0.6) is 0 Å². The molecule has 1 aromatic heterocycles. The van der Waals surface area contributed by atoms with Crippen molar-refractivity contribution in [2.24, 2.45) is 5.14 Å². The fourth-order valence-corrected chi connectivity index (χ4v) is 7.01. The Morgan fingerprint density at radius 2 is 1.83 bits per heavy atom. The smallest absolute Gasteiger partial charge is 0.308 e. The Morgan fingerprint density at radius 1 is 1.13 bits per heavy atom. The maximum absolute atomic E-state index is 14.2. The number of carbonyl (C=O) groups excluding carboxylic acids is 1. The molecule has 2 atom stereocenters. The zero-order chi connectivity index (χ0) is 34.3. The molecule has 252 valence electrons. The van der Waals surface area contributed by atoms with Crippen LogP contribution in [0.3, 0.4) is 0 Å². The molecule has 5 rings (SSSR count). The number of halogens is 1. The van der Waals surface area contributed by atoms with E-state index in [0.29, 0.717) is 18.5 Å². The van der Waals surface area contributed by atoms with E-state index in [9.17, 15) is 17.6 Å². The van der Waals surface area contributed by atoms with Gasteiger partial charge in [-0.2, -0.15) is 0 Å². The zero-order valence-electron chi connectivity index (χ0n) is 28.2. The number of carbonyl (C=O) groups is 1. The fraction of sp³-hybridized carbons (Fsp3) is 0.459. The first kappa shape index (κ1) is 34.9. The lowest BCUT2D eigenvalue weighted by molar-refractivity contribution is -0.290. The van der Waals surface area contributed by atoms with Crippen LogP contribution in [0.4, 0.5) is 4.39 Å². The van der Waals surface area contributed by atoms with Gasteiger partial charge < -0.3 is 14.2 Å². The maximum Gasteiger partial charge on any atom is 0.308 e. The molecule has 0 radical (unpaired) electrons. The second kappa shape index (κ2) is 13.2. The number of hydrogen-bond donors (Lipinski definition) is 1. The largest absolute Gasteiger partial charge is 0.460 e. The molecular weight excluding hydrogens is 619 g/mol. The molecule has 0 saturated carbocycles. The van der Waals surface area contributed by atoms with Crippen LogP contribution in [-0.4, -0.2) is 43.0 Å². The van der Waals surface area contributed by atoms with Crippen LogP contribution in [0.25, 0.3) is 28.5 Å². The molecule has 1 aliphatic heterocycles. The summed E-state index contributed by atoms with van der Waals surface area (Å²) in [6.07, 6.45) is 6.03. The molecule has 0 bridgehead atoms. The zero-order valence-corrected chi connectivity index (χ0v) is 29.0. The summed E-state index contributed by atoms with van der Waals surface area (Å²) in [6.45, 7) is 13.3. The van der Waals surface area contributed by atoms with Crippen molar-refractivity contribution in [3.8, 4) is 22.4 Å². The number of aryl methyl sites for hydroxylation is 1. The summed E-state index contributed by atoms with van der Waals surface area (Å²) < 4.78 is 56.9. The van der Waals surface area contributed by atoms with E-state index in [0.717, 1.165) is 51.9 Å². The number of rotatable bonds is 7. The summed E-state index contributed by atoms with van der Waals surface area (Å²) in [5.41, 5.74) is 6.25. The lowest BCUT2D eigenvalue weighted by Crippen LogP contribution is -2.45. The van der Waals surface area contributed by atoms with Crippen LogP contribution in [-0.2, 0) is 41.9 Å². The van der Waals surface area contributed by atoms with E-state index >= 15 is 0 Å². The number of nitrogens with two attached hydrogens (primary N) is 1. The molecule has 2 aliphatic rings. The SMILES string of the molecule is CC(C)c1nc2c(c(-c3ccc(F)cc3)c1/C=C/[C@@H]1C[C@H](CC(=O)OC(C)(C)C)OC(C)(C)O1)CCCc1ccc(S(N)(=O)=O)cc1-2. The Morgan fingerprint density at radius 3 is 2.47 bits per heavy atom. The van der Waals surface area contributed by atoms with Gasteiger partial charge in [-0.3, -0.25) is 9.78 Å². The highest BCUT2D eigenvalue weighted by molar-refractivity contribution is 7.89. The van der Waals surface area contributed by atoms with Gasteiger partial charge in [-0.1, -0.05) is 44.2 Å². The van der Waals surface area contributed by atoms with E-state index in [4.69, 9.17) is 24.3 Å². The van der Waals surface area contributed by atoms with Crippen LogP contribution in [0.1, 0.15) is 96.0 Å². The Hall–Kier alpha value is -3.44. The van der Waals surface area contributed by atoms with E-state index in [1.54, 1.807) is 24.3 Å². The van der Waals surface area contributed by atoms with Gasteiger partial charge in [-0.25, -0.2) is 17.9 Å². The first-order valence-corrected chi connectivity index (χ1v) is 17.7.